The predicted molar refractivity (Wildman–Crippen MR) is 45.5 cm³/mol. The summed E-state index contributed by atoms with van der Waals surface area (Å²) in [7, 11) is 0. The molecule has 0 unspecified atom stereocenters. The van der Waals surface area contributed by atoms with Gasteiger partial charge >= 0.3 is 0 Å². The molecule has 0 aliphatic heterocycles. The molecule has 11 heavy (non-hydrogen) atoms. The molecule has 0 radical (unpaired) electrons. The quantitative estimate of drug-likeness (QED) is 0.600. The van der Waals surface area contributed by atoms with E-state index < -0.39 is 0 Å². The van der Waals surface area contributed by atoms with Gasteiger partial charge in [0.15, 0.2) is 0 Å². The molecule has 0 amide bonds. The lowest BCUT2D eigenvalue weighted by atomic mass is 10.3. The minimum atomic E-state index is 0.0278. The van der Waals surface area contributed by atoms with Crippen LogP contribution in [0.1, 0.15) is 20.8 Å². The molecule has 0 saturated carbocycles. The first-order valence-corrected chi connectivity index (χ1v) is 3.94. The minimum Gasteiger partial charge on any atom is -0.394 e. The maximum atomic E-state index is 8.09. The van der Waals surface area contributed by atoms with E-state index in [2.05, 4.69) is 25.5 Å². The van der Waals surface area contributed by atoms with E-state index in [4.69, 9.17) is 10.2 Å². The van der Waals surface area contributed by atoms with Gasteiger partial charge in [0.2, 0.25) is 0 Å². The van der Waals surface area contributed by atoms with Crippen molar-refractivity contribution in [3.63, 3.8) is 0 Å². The van der Waals surface area contributed by atoms with Gasteiger partial charge in [-0.1, -0.05) is 20.8 Å². The fourth-order valence-electron chi connectivity index (χ4n) is 0.231. The van der Waals surface area contributed by atoms with Gasteiger partial charge in [0, 0.05) is 0 Å². The second-order valence-electron chi connectivity index (χ2n) is 2.79. The largest absolute Gasteiger partial charge is 0.394 e. The normalized spacial score (nSPS) is 9.27. The highest BCUT2D eigenvalue weighted by Crippen LogP contribution is 1.81. The van der Waals surface area contributed by atoms with E-state index >= 15 is 0 Å². The Morgan fingerprint density at radius 2 is 1.27 bits per heavy atom. The Labute approximate surface area is 69.0 Å². The SMILES string of the molecule is CC(C)C.OCCOCCO. The van der Waals surface area contributed by atoms with Gasteiger partial charge in [0.05, 0.1) is 26.4 Å². The van der Waals surface area contributed by atoms with E-state index in [0.717, 1.165) is 5.92 Å². The Morgan fingerprint density at radius 1 is 1.00 bits per heavy atom. The summed E-state index contributed by atoms with van der Waals surface area (Å²) in [4.78, 5) is 0. The van der Waals surface area contributed by atoms with E-state index in [0.29, 0.717) is 13.2 Å². The molecule has 70 valence electrons. The van der Waals surface area contributed by atoms with Crippen LogP contribution in [0.4, 0.5) is 0 Å². The van der Waals surface area contributed by atoms with Crippen LogP contribution in [-0.2, 0) is 4.74 Å². The molecule has 3 nitrogen and oxygen atoms in total. The summed E-state index contributed by atoms with van der Waals surface area (Å²) in [6, 6.07) is 0. The zero-order chi connectivity index (χ0) is 9.11. The van der Waals surface area contributed by atoms with Crippen molar-refractivity contribution in [1.82, 2.24) is 0 Å². The van der Waals surface area contributed by atoms with Gasteiger partial charge in [0.1, 0.15) is 0 Å². The molecule has 0 aliphatic rings. The summed E-state index contributed by atoms with van der Waals surface area (Å²) in [5.41, 5.74) is 0. The average molecular weight is 164 g/mol. The van der Waals surface area contributed by atoms with E-state index in [1.807, 2.05) is 0 Å². The molecule has 2 N–H and O–H groups in total. The molecule has 0 spiro atoms. The van der Waals surface area contributed by atoms with Crippen LogP contribution in [-0.4, -0.2) is 36.6 Å². The van der Waals surface area contributed by atoms with Crippen LogP contribution in [0.15, 0.2) is 0 Å². The summed E-state index contributed by atoms with van der Waals surface area (Å²) in [5, 5.41) is 16.2. The Morgan fingerprint density at radius 3 is 1.45 bits per heavy atom. The number of hydrogen-bond donors (Lipinski definition) is 2. The topological polar surface area (TPSA) is 49.7 Å². The van der Waals surface area contributed by atoms with Gasteiger partial charge < -0.3 is 14.9 Å². The zero-order valence-corrected chi connectivity index (χ0v) is 7.71. The molecule has 0 rings (SSSR count). The lowest BCUT2D eigenvalue weighted by Crippen LogP contribution is -2.03. The Hall–Kier alpha value is -0.120. The highest BCUT2D eigenvalue weighted by atomic mass is 16.5. The van der Waals surface area contributed by atoms with Crippen molar-refractivity contribution in [3.05, 3.63) is 0 Å². The van der Waals surface area contributed by atoms with Gasteiger partial charge in [-0.2, -0.15) is 0 Å². The van der Waals surface area contributed by atoms with Crippen LogP contribution in [0.25, 0.3) is 0 Å². The van der Waals surface area contributed by atoms with Crippen LogP contribution in [0.5, 0.6) is 0 Å². The van der Waals surface area contributed by atoms with Crippen molar-refractivity contribution in [3.8, 4) is 0 Å². The summed E-state index contributed by atoms with van der Waals surface area (Å²) >= 11 is 0. The molecular weight excluding hydrogens is 144 g/mol. The summed E-state index contributed by atoms with van der Waals surface area (Å²) in [6.07, 6.45) is 0. The van der Waals surface area contributed by atoms with Crippen LogP contribution in [0, 0.1) is 5.92 Å². The van der Waals surface area contributed by atoms with Gasteiger partial charge in [-0.15, -0.1) is 0 Å². The fraction of sp³-hybridized carbons (Fsp3) is 1.00. The molecule has 0 aliphatic carbocycles. The first-order valence-electron chi connectivity index (χ1n) is 3.94. The van der Waals surface area contributed by atoms with Crippen molar-refractivity contribution in [1.29, 1.82) is 0 Å². The van der Waals surface area contributed by atoms with Crippen molar-refractivity contribution in [2.75, 3.05) is 26.4 Å². The third-order valence-electron chi connectivity index (χ3n) is 0.471. The highest BCUT2D eigenvalue weighted by molar-refractivity contribution is 4.24. The fourth-order valence-corrected chi connectivity index (χ4v) is 0.231. The summed E-state index contributed by atoms with van der Waals surface area (Å²) in [6.45, 7) is 7.20. The number of rotatable bonds is 4. The number of hydrogen-bond acceptors (Lipinski definition) is 3. The third kappa shape index (κ3) is 40.8. The average Bonchev–Trinajstić information content (AvgIpc) is 1.88. The molecular formula is C8H20O3. The van der Waals surface area contributed by atoms with Crippen molar-refractivity contribution >= 4 is 0 Å². The highest BCUT2D eigenvalue weighted by Gasteiger charge is 1.79. The van der Waals surface area contributed by atoms with Crippen molar-refractivity contribution < 1.29 is 14.9 Å². The van der Waals surface area contributed by atoms with Gasteiger partial charge in [-0.25, -0.2) is 0 Å². The van der Waals surface area contributed by atoms with Gasteiger partial charge in [-0.3, -0.25) is 0 Å². The molecule has 0 bridgehead atoms. The van der Waals surface area contributed by atoms with E-state index in [1.165, 1.54) is 0 Å². The first-order chi connectivity index (χ1) is 5.15. The lowest BCUT2D eigenvalue weighted by Gasteiger charge is -1.94. The number of aliphatic hydroxyl groups excluding tert-OH is 2. The number of aliphatic hydroxyl groups is 2. The molecule has 0 fully saturated rings. The van der Waals surface area contributed by atoms with Crippen LogP contribution < -0.4 is 0 Å². The molecule has 0 aromatic heterocycles. The van der Waals surface area contributed by atoms with Crippen molar-refractivity contribution in [2.45, 2.75) is 20.8 Å². The van der Waals surface area contributed by atoms with Gasteiger partial charge in [-0.05, 0) is 5.92 Å². The molecule has 3 heteroatoms. The molecule has 0 atom stereocenters. The predicted octanol–water partition coefficient (Wildman–Crippen LogP) is 0.650. The third-order valence-corrected chi connectivity index (χ3v) is 0.471. The van der Waals surface area contributed by atoms with Crippen LogP contribution in [0.2, 0.25) is 0 Å². The smallest absolute Gasteiger partial charge is 0.0698 e. The molecule has 0 heterocycles. The molecule has 0 aromatic carbocycles. The number of ether oxygens (including phenoxy) is 1. The lowest BCUT2D eigenvalue weighted by molar-refractivity contribution is 0.0650. The summed E-state index contributed by atoms with van der Waals surface area (Å²) in [5.74, 6) is 0.833. The second-order valence-corrected chi connectivity index (χ2v) is 2.79. The Bertz CT molecular complexity index is 48.5. The molecule has 0 saturated heterocycles. The van der Waals surface area contributed by atoms with E-state index in [9.17, 15) is 0 Å². The Balaban J connectivity index is 0. The first kappa shape index (κ1) is 13.5. The molecule has 0 aromatic rings. The van der Waals surface area contributed by atoms with E-state index in [1.54, 1.807) is 0 Å². The maximum absolute atomic E-state index is 8.09. The second kappa shape index (κ2) is 12.5. The minimum absolute atomic E-state index is 0.0278. The maximum Gasteiger partial charge on any atom is 0.0698 e. The zero-order valence-electron chi connectivity index (χ0n) is 7.71. The monoisotopic (exact) mass is 164 g/mol. The van der Waals surface area contributed by atoms with Crippen molar-refractivity contribution in [2.24, 2.45) is 5.92 Å². The van der Waals surface area contributed by atoms with Crippen LogP contribution in [0.3, 0.4) is 0 Å². The summed E-state index contributed by atoms with van der Waals surface area (Å²) < 4.78 is 4.63. The Kier molecular flexibility index (Phi) is 15.4. The van der Waals surface area contributed by atoms with Crippen LogP contribution >= 0.6 is 0 Å². The van der Waals surface area contributed by atoms with Gasteiger partial charge in [0.25, 0.3) is 0 Å². The standard InChI is InChI=1S/C4H10O3.C4H10/c5-1-3-7-4-2-6;1-4(2)3/h5-6H,1-4H2;4H,1-3H3. The van der Waals surface area contributed by atoms with E-state index in [-0.39, 0.29) is 13.2 Å².